The number of anilines is 2. The lowest BCUT2D eigenvalue weighted by Crippen LogP contribution is -2.14. The molecule has 2 aromatic rings. The molecule has 0 unspecified atom stereocenters. The van der Waals surface area contributed by atoms with Crippen molar-refractivity contribution in [3.05, 3.63) is 57.5 Å². The van der Waals surface area contributed by atoms with Crippen LogP contribution in [0.1, 0.15) is 6.92 Å². The van der Waals surface area contributed by atoms with Crippen LogP contribution >= 0.6 is 31.9 Å². The Hall–Kier alpha value is -1.05. The Kier molecular flexibility index (Phi) is 7.21. The summed E-state index contributed by atoms with van der Waals surface area (Å²) in [5.41, 5.74) is 6.80. The summed E-state index contributed by atoms with van der Waals surface area (Å²) in [6, 6.07) is 14.6. The summed E-state index contributed by atoms with van der Waals surface area (Å²) in [4.78, 5) is 0. The lowest BCUT2D eigenvalue weighted by molar-refractivity contribution is 0.602. The fraction of sp³-hybridized carbons (Fsp3) is 0.143. The molecule has 0 saturated carbocycles. The predicted molar refractivity (Wildman–Crippen MR) is 95.8 cm³/mol. The number of nitrogen functional groups attached to an aromatic ring is 1. The van der Waals surface area contributed by atoms with E-state index in [2.05, 4.69) is 36.6 Å². The normalized spacial score (nSPS) is 10.4. The highest BCUT2D eigenvalue weighted by molar-refractivity contribution is 9.10. The van der Waals surface area contributed by atoms with E-state index in [-0.39, 0.29) is 5.75 Å². The number of nitrogens with one attached hydrogen (secondary N) is 1. The number of hydrogen-bond donors (Lipinski definition) is 2. The number of rotatable bonds is 3. The Morgan fingerprint density at radius 3 is 2.05 bits per heavy atom. The van der Waals surface area contributed by atoms with Gasteiger partial charge in [-0.1, -0.05) is 44.0 Å². The van der Waals surface area contributed by atoms with Crippen LogP contribution in [-0.2, 0) is 10.0 Å². The first-order chi connectivity index (χ1) is 9.82. The molecule has 114 valence electrons. The molecular weight excluding hydrogens is 420 g/mol. The predicted octanol–water partition coefficient (Wildman–Crippen LogP) is 4.24. The zero-order valence-corrected chi connectivity index (χ0v) is 15.4. The Morgan fingerprint density at radius 1 is 1.05 bits per heavy atom. The van der Waals surface area contributed by atoms with Crippen molar-refractivity contribution in [2.24, 2.45) is 0 Å². The number of sulfonamides is 1. The Balaban J connectivity index is 0.000000235. The molecule has 0 aromatic heterocycles. The van der Waals surface area contributed by atoms with Crippen LogP contribution in [0.25, 0.3) is 0 Å². The summed E-state index contributed by atoms with van der Waals surface area (Å²) < 4.78 is 26.6. The van der Waals surface area contributed by atoms with E-state index in [9.17, 15) is 8.42 Å². The van der Waals surface area contributed by atoms with E-state index in [0.29, 0.717) is 5.69 Å². The zero-order chi connectivity index (χ0) is 15.9. The Morgan fingerprint density at radius 2 is 1.62 bits per heavy atom. The summed E-state index contributed by atoms with van der Waals surface area (Å²) in [6.07, 6.45) is 0. The van der Waals surface area contributed by atoms with Crippen molar-refractivity contribution < 1.29 is 8.42 Å². The minimum absolute atomic E-state index is 0.0829. The standard InChI is InChI=1S/C8H10BrNO2S.C6H6BrN/c1-2-13(11,12)10-8-5-3-4-7(9)6-8;7-5-2-1-3-6(8)4-5/h3-6,10H,2H2,1H3;1-4H,8H2. The van der Waals surface area contributed by atoms with Crippen LogP contribution < -0.4 is 10.5 Å². The molecular formula is C14H16Br2N2O2S. The number of hydrogen-bond acceptors (Lipinski definition) is 3. The van der Waals surface area contributed by atoms with E-state index < -0.39 is 10.0 Å². The minimum Gasteiger partial charge on any atom is -0.399 e. The van der Waals surface area contributed by atoms with Crippen molar-refractivity contribution in [3.8, 4) is 0 Å². The molecule has 0 heterocycles. The molecule has 3 N–H and O–H groups in total. The summed E-state index contributed by atoms with van der Waals surface area (Å²) in [7, 11) is -3.16. The van der Waals surface area contributed by atoms with Crippen LogP contribution in [0, 0.1) is 0 Å². The van der Waals surface area contributed by atoms with Crippen molar-refractivity contribution in [2.45, 2.75) is 6.92 Å². The maximum atomic E-state index is 11.2. The molecule has 0 aliphatic heterocycles. The molecule has 2 rings (SSSR count). The van der Waals surface area contributed by atoms with Crippen LogP contribution in [0.2, 0.25) is 0 Å². The van der Waals surface area contributed by atoms with Crippen LogP contribution in [0.5, 0.6) is 0 Å². The van der Waals surface area contributed by atoms with Gasteiger partial charge in [0.1, 0.15) is 0 Å². The highest BCUT2D eigenvalue weighted by atomic mass is 79.9. The van der Waals surface area contributed by atoms with Crippen LogP contribution in [-0.4, -0.2) is 14.2 Å². The van der Waals surface area contributed by atoms with Gasteiger partial charge in [0.15, 0.2) is 0 Å². The van der Waals surface area contributed by atoms with Crippen LogP contribution in [0.4, 0.5) is 11.4 Å². The second-order valence-electron chi connectivity index (χ2n) is 4.07. The van der Waals surface area contributed by atoms with Gasteiger partial charge in [0, 0.05) is 20.3 Å². The van der Waals surface area contributed by atoms with Gasteiger partial charge in [-0.15, -0.1) is 0 Å². The fourth-order valence-corrected chi connectivity index (χ4v) is 2.76. The van der Waals surface area contributed by atoms with E-state index in [0.717, 1.165) is 14.6 Å². The third-order valence-corrected chi connectivity index (χ3v) is 4.62. The first kappa shape index (κ1) is 18.0. The minimum atomic E-state index is -3.16. The van der Waals surface area contributed by atoms with Gasteiger partial charge in [0.05, 0.1) is 5.75 Å². The molecule has 0 aliphatic carbocycles. The van der Waals surface area contributed by atoms with Crippen LogP contribution in [0.3, 0.4) is 0 Å². The van der Waals surface area contributed by atoms with E-state index in [4.69, 9.17) is 5.73 Å². The van der Waals surface area contributed by atoms with Crippen molar-refractivity contribution in [2.75, 3.05) is 16.2 Å². The molecule has 0 fully saturated rings. The van der Waals surface area contributed by atoms with E-state index in [1.54, 1.807) is 25.1 Å². The van der Waals surface area contributed by atoms with Crippen molar-refractivity contribution in [1.82, 2.24) is 0 Å². The number of benzene rings is 2. The average Bonchev–Trinajstić information content (AvgIpc) is 2.38. The maximum Gasteiger partial charge on any atom is 0.232 e. The first-order valence-corrected chi connectivity index (χ1v) is 9.33. The van der Waals surface area contributed by atoms with Crippen molar-refractivity contribution in [3.63, 3.8) is 0 Å². The molecule has 0 radical (unpaired) electrons. The molecule has 4 nitrogen and oxygen atoms in total. The summed E-state index contributed by atoms with van der Waals surface area (Å²) in [6.45, 7) is 1.60. The quantitative estimate of drug-likeness (QED) is 0.708. The molecule has 2 aromatic carbocycles. The zero-order valence-electron chi connectivity index (χ0n) is 11.4. The number of nitrogens with two attached hydrogens (primary N) is 1. The summed E-state index contributed by atoms with van der Waals surface area (Å²) in [5.74, 6) is 0.0829. The topological polar surface area (TPSA) is 72.2 Å². The molecule has 0 saturated heterocycles. The molecule has 0 aliphatic rings. The molecule has 0 bridgehead atoms. The maximum absolute atomic E-state index is 11.2. The largest absolute Gasteiger partial charge is 0.399 e. The molecule has 0 spiro atoms. The fourth-order valence-electron chi connectivity index (χ4n) is 1.31. The lowest BCUT2D eigenvalue weighted by Gasteiger charge is -2.05. The third-order valence-electron chi connectivity index (χ3n) is 2.33. The van der Waals surface area contributed by atoms with Gasteiger partial charge in [-0.2, -0.15) is 0 Å². The molecule has 0 amide bonds. The Labute approximate surface area is 142 Å². The highest BCUT2D eigenvalue weighted by Crippen LogP contribution is 2.16. The second kappa shape index (κ2) is 8.41. The van der Waals surface area contributed by atoms with Gasteiger partial charge in [-0.05, 0) is 43.3 Å². The van der Waals surface area contributed by atoms with Crippen molar-refractivity contribution in [1.29, 1.82) is 0 Å². The summed E-state index contributed by atoms with van der Waals surface area (Å²) in [5, 5.41) is 0. The monoisotopic (exact) mass is 434 g/mol. The number of halogens is 2. The highest BCUT2D eigenvalue weighted by Gasteiger charge is 2.05. The van der Waals surface area contributed by atoms with E-state index >= 15 is 0 Å². The molecule has 21 heavy (non-hydrogen) atoms. The third kappa shape index (κ3) is 7.50. The average molecular weight is 436 g/mol. The molecule has 7 heteroatoms. The van der Waals surface area contributed by atoms with Gasteiger partial charge in [0.2, 0.25) is 10.0 Å². The van der Waals surface area contributed by atoms with Crippen molar-refractivity contribution >= 4 is 53.3 Å². The molecule has 0 atom stereocenters. The van der Waals surface area contributed by atoms with Gasteiger partial charge in [0.25, 0.3) is 0 Å². The van der Waals surface area contributed by atoms with Gasteiger partial charge < -0.3 is 5.73 Å². The van der Waals surface area contributed by atoms with E-state index in [1.165, 1.54) is 0 Å². The lowest BCUT2D eigenvalue weighted by atomic mass is 10.3. The van der Waals surface area contributed by atoms with Gasteiger partial charge in [-0.3, -0.25) is 4.72 Å². The van der Waals surface area contributed by atoms with Gasteiger partial charge >= 0.3 is 0 Å². The van der Waals surface area contributed by atoms with E-state index in [1.807, 2.05) is 30.3 Å². The first-order valence-electron chi connectivity index (χ1n) is 6.09. The van der Waals surface area contributed by atoms with Gasteiger partial charge in [-0.25, -0.2) is 8.42 Å². The Bertz CT molecular complexity index is 674. The summed E-state index contributed by atoms with van der Waals surface area (Å²) >= 11 is 6.54. The van der Waals surface area contributed by atoms with Crippen LogP contribution in [0.15, 0.2) is 57.5 Å². The second-order valence-corrected chi connectivity index (χ2v) is 7.91. The SMILES string of the molecule is CCS(=O)(=O)Nc1cccc(Br)c1.Nc1cccc(Br)c1. The smallest absolute Gasteiger partial charge is 0.232 e.